The van der Waals surface area contributed by atoms with E-state index in [1.165, 1.54) is 25.2 Å². The first kappa shape index (κ1) is 14.6. The van der Waals surface area contributed by atoms with Gasteiger partial charge in [-0.05, 0) is 23.6 Å². The number of nitrogens with zero attached hydrogens (tertiary/aromatic N) is 2. The standard InChI is InChI=1S/C15H24ClN3/c1-12(2)10-18-5-7-19(8-6-18)11-13-3-4-15(17)14(16)9-13/h3-4,9,12H,5-8,10-11,17H2,1-2H3. The summed E-state index contributed by atoms with van der Waals surface area (Å²) in [6, 6.07) is 5.95. The molecule has 0 atom stereocenters. The van der Waals surface area contributed by atoms with Crippen molar-refractivity contribution >= 4 is 17.3 Å². The molecule has 0 aliphatic carbocycles. The number of nitrogens with two attached hydrogens (primary N) is 1. The number of piperazine rings is 1. The van der Waals surface area contributed by atoms with Crippen LogP contribution in [0, 0.1) is 5.92 Å². The Morgan fingerprint density at radius 1 is 1.16 bits per heavy atom. The summed E-state index contributed by atoms with van der Waals surface area (Å²) >= 11 is 6.06. The molecule has 0 amide bonds. The van der Waals surface area contributed by atoms with Gasteiger partial charge in [-0.15, -0.1) is 0 Å². The van der Waals surface area contributed by atoms with Gasteiger partial charge < -0.3 is 10.6 Å². The molecule has 1 fully saturated rings. The Kier molecular flexibility index (Phi) is 5.08. The first-order valence-corrected chi connectivity index (χ1v) is 7.41. The number of halogens is 1. The maximum absolute atomic E-state index is 6.06. The van der Waals surface area contributed by atoms with Crippen molar-refractivity contribution in [3.05, 3.63) is 28.8 Å². The second kappa shape index (κ2) is 6.60. The van der Waals surface area contributed by atoms with Crippen LogP contribution in [0.4, 0.5) is 5.69 Å². The molecule has 1 heterocycles. The van der Waals surface area contributed by atoms with Crippen LogP contribution in [0.2, 0.25) is 5.02 Å². The van der Waals surface area contributed by atoms with Gasteiger partial charge in [0.2, 0.25) is 0 Å². The number of benzene rings is 1. The lowest BCUT2D eigenvalue weighted by molar-refractivity contribution is 0.117. The van der Waals surface area contributed by atoms with Crippen LogP contribution < -0.4 is 5.73 Å². The summed E-state index contributed by atoms with van der Waals surface area (Å²) in [5, 5.41) is 0.663. The summed E-state index contributed by atoms with van der Waals surface area (Å²) in [4.78, 5) is 5.04. The summed E-state index contributed by atoms with van der Waals surface area (Å²) in [5.74, 6) is 0.752. The molecule has 0 unspecified atom stereocenters. The van der Waals surface area contributed by atoms with Crippen molar-refractivity contribution in [2.45, 2.75) is 20.4 Å². The normalized spacial score (nSPS) is 18.1. The second-order valence-electron chi connectivity index (χ2n) is 5.83. The smallest absolute Gasteiger partial charge is 0.0638 e. The van der Waals surface area contributed by atoms with Gasteiger partial charge in [0.1, 0.15) is 0 Å². The molecule has 0 spiro atoms. The quantitative estimate of drug-likeness (QED) is 0.862. The maximum Gasteiger partial charge on any atom is 0.0638 e. The van der Waals surface area contributed by atoms with Crippen LogP contribution in [0.5, 0.6) is 0 Å². The van der Waals surface area contributed by atoms with Crippen LogP contribution in [0.1, 0.15) is 19.4 Å². The molecule has 2 rings (SSSR count). The van der Waals surface area contributed by atoms with E-state index in [0.717, 1.165) is 25.6 Å². The summed E-state index contributed by atoms with van der Waals surface area (Å²) in [6.45, 7) is 11.3. The van der Waals surface area contributed by atoms with Crippen LogP contribution in [-0.4, -0.2) is 42.5 Å². The zero-order valence-corrected chi connectivity index (χ0v) is 12.7. The van der Waals surface area contributed by atoms with E-state index in [0.29, 0.717) is 10.7 Å². The lowest BCUT2D eigenvalue weighted by Gasteiger charge is -2.35. The molecule has 1 aliphatic rings. The minimum atomic E-state index is 0.659. The van der Waals surface area contributed by atoms with Gasteiger partial charge in [0.05, 0.1) is 10.7 Å². The molecular formula is C15H24ClN3. The van der Waals surface area contributed by atoms with E-state index in [4.69, 9.17) is 17.3 Å². The third-order valence-electron chi connectivity index (χ3n) is 3.56. The summed E-state index contributed by atoms with van der Waals surface area (Å²) in [6.07, 6.45) is 0. The summed E-state index contributed by atoms with van der Waals surface area (Å²) in [7, 11) is 0. The molecule has 0 radical (unpaired) electrons. The lowest BCUT2D eigenvalue weighted by Crippen LogP contribution is -2.46. The first-order chi connectivity index (χ1) is 9.04. The Hall–Kier alpha value is -0.770. The summed E-state index contributed by atoms with van der Waals surface area (Å²) < 4.78 is 0. The van der Waals surface area contributed by atoms with Crippen molar-refractivity contribution in [1.82, 2.24) is 9.80 Å². The van der Waals surface area contributed by atoms with Gasteiger partial charge in [-0.25, -0.2) is 0 Å². The van der Waals surface area contributed by atoms with Gasteiger partial charge in [-0.1, -0.05) is 31.5 Å². The third-order valence-corrected chi connectivity index (χ3v) is 3.89. The van der Waals surface area contributed by atoms with Crippen molar-refractivity contribution < 1.29 is 0 Å². The summed E-state index contributed by atoms with van der Waals surface area (Å²) in [5.41, 5.74) is 7.64. The Labute approximate surface area is 121 Å². The van der Waals surface area contributed by atoms with Gasteiger partial charge in [0.25, 0.3) is 0 Å². The molecule has 2 N–H and O–H groups in total. The van der Waals surface area contributed by atoms with Gasteiger partial charge in [-0.3, -0.25) is 4.90 Å². The fraction of sp³-hybridized carbons (Fsp3) is 0.600. The Balaban J connectivity index is 1.83. The van der Waals surface area contributed by atoms with Crippen LogP contribution >= 0.6 is 11.6 Å². The SMILES string of the molecule is CC(C)CN1CCN(Cc2ccc(N)c(Cl)c2)CC1. The van der Waals surface area contributed by atoms with Crippen molar-refractivity contribution in [3.8, 4) is 0 Å². The largest absolute Gasteiger partial charge is 0.398 e. The van der Waals surface area contributed by atoms with E-state index < -0.39 is 0 Å². The molecule has 1 aromatic carbocycles. The Morgan fingerprint density at radius 3 is 2.37 bits per heavy atom. The highest BCUT2D eigenvalue weighted by atomic mass is 35.5. The number of nitrogen functional groups attached to an aromatic ring is 1. The van der Waals surface area contributed by atoms with Crippen molar-refractivity contribution in [2.75, 3.05) is 38.5 Å². The minimum absolute atomic E-state index is 0.659. The van der Waals surface area contributed by atoms with E-state index in [2.05, 4.69) is 29.7 Å². The van der Waals surface area contributed by atoms with Gasteiger partial charge in [0, 0.05) is 39.3 Å². The predicted octanol–water partition coefficient (Wildman–Crippen LogP) is 2.70. The zero-order valence-electron chi connectivity index (χ0n) is 11.9. The van der Waals surface area contributed by atoms with Gasteiger partial charge >= 0.3 is 0 Å². The molecule has 106 valence electrons. The van der Waals surface area contributed by atoms with Crippen LogP contribution in [-0.2, 0) is 6.54 Å². The van der Waals surface area contributed by atoms with Crippen molar-refractivity contribution in [1.29, 1.82) is 0 Å². The molecular weight excluding hydrogens is 258 g/mol. The molecule has 0 aromatic heterocycles. The highest BCUT2D eigenvalue weighted by Crippen LogP contribution is 2.21. The predicted molar refractivity (Wildman–Crippen MR) is 82.4 cm³/mol. The highest BCUT2D eigenvalue weighted by molar-refractivity contribution is 6.33. The lowest BCUT2D eigenvalue weighted by atomic mass is 10.1. The van der Waals surface area contributed by atoms with Gasteiger partial charge in [0.15, 0.2) is 0 Å². The Morgan fingerprint density at radius 2 is 1.79 bits per heavy atom. The Bertz CT molecular complexity index is 412. The molecule has 19 heavy (non-hydrogen) atoms. The van der Waals surface area contributed by atoms with Crippen LogP contribution in [0.3, 0.4) is 0 Å². The first-order valence-electron chi connectivity index (χ1n) is 7.03. The second-order valence-corrected chi connectivity index (χ2v) is 6.23. The van der Waals surface area contributed by atoms with Gasteiger partial charge in [-0.2, -0.15) is 0 Å². The van der Waals surface area contributed by atoms with E-state index in [1.807, 2.05) is 12.1 Å². The number of hydrogen-bond acceptors (Lipinski definition) is 3. The molecule has 0 bridgehead atoms. The molecule has 4 heteroatoms. The molecule has 1 aliphatic heterocycles. The van der Waals surface area contributed by atoms with E-state index in [9.17, 15) is 0 Å². The fourth-order valence-electron chi connectivity index (χ4n) is 2.57. The van der Waals surface area contributed by atoms with Crippen LogP contribution in [0.15, 0.2) is 18.2 Å². The minimum Gasteiger partial charge on any atom is -0.398 e. The van der Waals surface area contributed by atoms with E-state index >= 15 is 0 Å². The van der Waals surface area contributed by atoms with Crippen molar-refractivity contribution in [3.63, 3.8) is 0 Å². The monoisotopic (exact) mass is 281 g/mol. The third kappa shape index (κ3) is 4.37. The molecule has 0 saturated carbocycles. The topological polar surface area (TPSA) is 32.5 Å². The van der Waals surface area contributed by atoms with E-state index in [-0.39, 0.29) is 0 Å². The number of hydrogen-bond donors (Lipinski definition) is 1. The fourth-order valence-corrected chi connectivity index (χ4v) is 2.78. The molecule has 3 nitrogen and oxygen atoms in total. The zero-order chi connectivity index (χ0) is 13.8. The number of rotatable bonds is 4. The number of anilines is 1. The maximum atomic E-state index is 6.06. The molecule has 1 aromatic rings. The van der Waals surface area contributed by atoms with E-state index in [1.54, 1.807) is 0 Å². The highest BCUT2D eigenvalue weighted by Gasteiger charge is 2.17. The average Bonchev–Trinajstić information content (AvgIpc) is 2.36. The average molecular weight is 282 g/mol. The molecule has 1 saturated heterocycles. The van der Waals surface area contributed by atoms with Crippen LogP contribution in [0.25, 0.3) is 0 Å². The van der Waals surface area contributed by atoms with Crippen molar-refractivity contribution in [2.24, 2.45) is 5.92 Å².